The number of benzene rings is 1. The van der Waals surface area contributed by atoms with Crippen molar-refractivity contribution in [1.82, 2.24) is 35.4 Å². The third kappa shape index (κ3) is 6.01. The lowest BCUT2D eigenvalue weighted by Crippen LogP contribution is -2.65. The van der Waals surface area contributed by atoms with Crippen molar-refractivity contribution in [2.75, 3.05) is 26.2 Å². The van der Waals surface area contributed by atoms with Crippen LogP contribution in [0.15, 0.2) is 36.5 Å². The lowest BCUT2D eigenvalue weighted by molar-refractivity contribution is -0.153. The molecule has 2 fully saturated rings. The van der Waals surface area contributed by atoms with E-state index in [0.717, 1.165) is 12.0 Å². The van der Waals surface area contributed by atoms with Gasteiger partial charge in [0.05, 0.1) is 19.3 Å². The van der Waals surface area contributed by atoms with Crippen molar-refractivity contribution in [2.45, 2.75) is 63.4 Å². The minimum atomic E-state index is -0.919. The summed E-state index contributed by atoms with van der Waals surface area (Å²) in [6.07, 6.45) is 3.73. The number of piperazine rings is 1. The number of hydrogen-bond donors (Lipinski definition) is 2. The van der Waals surface area contributed by atoms with Crippen LogP contribution in [0, 0.1) is 0 Å². The average molecular weight is 524 g/mol. The van der Waals surface area contributed by atoms with Crippen LogP contribution in [0.3, 0.4) is 0 Å². The molecule has 0 saturated carbocycles. The van der Waals surface area contributed by atoms with Crippen LogP contribution >= 0.6 is 0 Å². The number of carbonyl (C=O) groups excluding carboxylic acids is 4. The van der Waals surface area contributed by atoms with Crippen LogP contribution in [0.25, 0.3) is 0 Å². The summed E-state index contributed by atoms with van der Waals surface area (Å²) < 4.78 is 7.21. The van der Waals surface area contributed by atoms with Crippen molar-refractivity contribution in [3.8, 4) is 0 Å². The van der Waals surface area contributed by atoms with E-state index in [9.17, 15) is 19.2 Å². The number of hydrogen-bond acceptors (Lipinski definition) is 7. The van der Waals surface area contributed by atoms with Gasteiger partial charge in [0.2, 0.25) is 17.7 Å². The highest BCUT2D eigenvalue weighted by atomic mass is 16.5. The third-order valence-electron chi connectivity index (χ3n) is 7.22. The SMILES string of the molecule is O=C1CCCn2cc(nn2)CNC(=O)[C@H]2CN(C(=O)[C@@H]3CCCO3)CCN2C(=O)[C@H](Cc2ccccc2)N1. The van der Waals surface area contributed by atoms with Crippen LogP contribution in [0.4, 0.5) is 0 Å². The quantitative estimate of drug-likeness (QED) is 0.560. The molecule has 3 atom stereocenters. The van der Waals surface area contributed by atoms with Crippen LogP contribution in [-0.2, 0) is 43.4 Å². The number of aryl methyl sites for hydroxylation is 1. The highest BCUT2D eigenvalue weighted by Crippen LogP contribution is 2.20. The smallest absolute Gasteiger partial charge is 0.251 e. The van der Waals surface area contributed by atoms with E-state index in [4.69, 9.17) is 4.74 Å². The maximum atomic E-state index is 13.9. The zero-order valence-corrected chi connectivity index (χ0v) is 21.3. The minimum Gasteiger partial charge on any atom is -0.368 e. The summed E-state index contributed by atoms with van der Waals surface area (Å²) in [4.78, 5) is 56.4. The standard InChI is InChI=1S/C26H33N7O5/c34-23-9-4-10-32-16-19(29-30-32)15-27-24(35)21-17-31(26(37)22-8-5-13-38-22)11-12-33(21)25(36)20(28-23)14-18-6-2-1-3-7-18/h1-3,6-7,16,20-22H,4-5,8-15,17H2,(H,27,35)(H,28,34)/t20-,21+,22-/m0/s1. The monoisotopic (exact) mass is 523 g/mol. The van der Waals surface area contributed by atoms with Crippen molar-refractivity contribution in [1.29, 1.82) is 0 Å². The molecule has 1 aromatic heterocycles. The summed E-state index contributed by atoms with van der Waals surface area (Å²) in [5.74, 6) is -1.14. The maximum Gasteiger partial charge on any atom is 0.251 e. The predicted molar refractivity (Wildman–Crippen MR) is 134 cm³/mol. The Balaban J connectivity index is 1.41. The second-order valence-electron chi connectivity index (χ2n) is 9.94. The highest BCUT2D eigenvalue weighted by molar-refractivity contribution is 5.93. The Hall–Kier alpha value is -3.80. The van der Waals surface area contributed by atoms with Gasteiger partial charge in [-0.2, -0.15) is 0 Å². The second kappa shape index (κ2) is 11.7. The first-order chi connectivity index (χ1) is 18.5. The van der Waals surface area contributed by atoms with Crippen molar-refractivity contribution in [3.05, 3.63) is 47.8 Å². The molecule has 2 bridgehead atoms. The Morgan fingerprint density at radius 2 is 1.92 bits per heavy atom. The summed E-state index contributed by atoms with van der Waals surface area (Å²) in [5, 5.41) is 13.9. The number of carbonyl (C=O) groups is 4. The molecule has 5 rings (SSSR count). The van der Waals surface area contributed by atoms with Crippen molar-refractivity contribution in [2.24, 2.45) is 0 Å². The molecule has 0 radical (unpaired) electrons. The van der Waals surface area contributed by atoms with Crippen LogP contribution in [0.5, 0.6) is 0 Å². The molecular formula is C26H33N7O5. The molecule has 0 spiro atoms. The molecule has 3 aliphatic heterocycles. The first kappa shape index (κ1) is 25.8. The zero-order chi connectivity index (χ0) is 26.5. The first-order valence-corrected chi connectivity index (χ1v) is 13.2. The lowest BCUT2D eigenvalue weighted by atomic mass is 10.0. The molecule has 202 valence electrons. The topological polar surface area (TPSA) is 139 Å². The first-order valence-electron chi connectivity index (χ1n) is 13.2. The largest absolute Gasteiger partial charge is 0.368 e. The molecule has 2 aromatic rings. The molecule has 2 N–H and O–H groups in total. The zero-order valence-electron chi connectivity index (χ0n) is 21.3. The van der Waals surface area contributed by atoms with Gasteiger partial charge in [0, 0.05) is 39.1 Å². The van der Waals surface area contributed by atoms with Crippen LogP contribution in [0.1, 0.15) is 36.9 Å². The third-order valence-corrected chi connectivity index (χ3v) is 7.22. The van der Waals surface area contributed by atoms with Gasteiger partial charge >= 0.3 is 0 Å². The molecule has 2 saturated heterocycles. The molecule has 4 heterocycles. The van der Waals surface area contributed by atoms with Gasteiger partial charge in [0.1, 0.15) is 23.9 Å². The fraction of sp³-hybridized carbons (Fsp3) is 0.538. The fourth-order valence-electron chi connectivity index (χ4n) is 5.19. The molecule has 38 heavy (non-hydrogen) atoms. The van der Waals surface area contributed by atoms with Crippen molar-refractivity contribution in [3.63, 3.8) is 0 Å². The Labute approximate surface area is 220 Å². The number of fused-ring (bicyclic) bond motifs is 3. The summed E-state index contributed by atoms with van der Waals surface area (Å²) in [6.45, 7) is 1.68. The molecule has 1 aromatic carbocycles. The molecule has 12 nitrogen and oxygen atoms in total. The van der Waals surface area contributed by atoms with E-state index in [1.165, 1.54) is 4.90 Å². The highest BCUT2D eigenvalue weighted by Gasteiger charge is 2.41. The van der Waals surface area contributed by atoms with E-state index >= 15 is 0 Å². The van der Waals surface area contributed by atoms with Gasteiger partial charge in [-0.15, -0.1) is 5.10 Å². The lowest BCUT2D eigenvalue weighted by Gasteiger charge is -2.42. The molecule has 0 unspecified atom stereocenters. The van der Waals surface area contributed by atoms with Gasteiger partial charge in [-0.05, 0) is 24.8 Å². The second-order valence-corrected chi connectivity index (χ2v) is 9.94. The van der Waals surface area contributed by atoms with E-state index in [1.807, 2.05) is 30.3 Å². The Bertz CT molecular complexity index is 1160. The van der Waals surface area contributed by atoms with Crippen LogP contribution in [-0.4, -0.2) is 92.9 Å². The van der Waals surface area contributed by atoms with Gasteiger partial charge < -0.3 is 25.2 Å². The Kier molecular flexibility index (Phi) is 7.97. The number of nitrogens with one attached hydrogen (secondary N) is 2. The molecule has 0 aliphatic carbocycles. The molecule has 3 aliphatic rings. The van der Waals surface area contributed by atoms with Gasteiger partial charge in [0.25, 0.3) is 5.91 Å². The van der Waals surface area contributed by atoms with Gasteiger partial charge in [-0.3, -0.25) is 23.9 Å². The summed E-state index contributed by atoms with van der Waals surface area (Å²) >= 11 is 0. The Morgan fingerprint density at radius 1 is 1.08 bits per heavy atom. The summed E-state index contributed by atoms with van der Waals surface area (Å²) in [5.41, 5.74) is 1.47. The van der Waals surface area contributed by atoms with E-state index in [-0.39, 0.29) is 50.3 Å². The maximum absolute atomic E-state index is 13.9. The average Bonchev–Trinajstić information content (AvgIpc) is 3.63. The molecule has 12 heteroatoms. The normalized spacial score (nSPS) is 25.2. The number of aromatic nitrogens is 3. The molecular weight excluding hydrogens is 490 g/mol. The van der Waals surface area contributed by atoms with E-state index in [0.29, 0.717) is 38.1 Å². The van der Waals surface area contributed by atoms with E-state index in [1.54, 1.807) is 15.8 Å². The molecule has 4 amide bonds. The van der Waals surface area contributed by atoms with Crippen molar-refractivity contribution >= 4 is 23.6 Å². The van der Waals surface area contributed by atoms with E-state index in [2.05, 4.69) is 20.9 Å². The van der Waals surface area contributed by atoms with E-state index < -0.39 is 24.1 Å². The number of amides is 4. The summed E-state index contributed by atoms with van der Waals surface area (Å²) in [6, 6.07) is 7.69. The van der Waals surface area contributed by atoms with Gasteiger partial charge in [0.15, 0.2) is 0 Å². The van der Waals surface area contributed by atoms with Crippen molar-refractivity contribution < 1.29 is 23.9 Å². The number of nitrogens with zero attached hydrogens (tertiary/aromatic N) is 5. The predicted octanol–water partition coefficient (Wildman–Crippen LogP) is -0.366. The van der Waals surface area contributed by atoms with Crippen LogP contribution in [0.2, 0.25) is 0 Å². The number of rotatable bonds is 3. The fourth-order valence-corrected chi connectivity index (χ4v) is 5.19. The summed E-state index contributed by atoms with van der Waals surface area (Å²) in [7, 11) is 0. The minimum absolute atomic E-state index is 0.0506. The van der Waals surface area contributed by atoms with Gasteiger partial charge in [-0.1, -0.05) is 35.5 Å². The Morgan fingerprint density at radius 3 is 2.71 bits per heavy atom. The van der Waals surface area contributed by atoms with Gasteiger partial charge in [-0.25, -0.2) is 0 Å². The number of ether oxygens (including phenoxy) is 1. The van der Waals surface area contributed by atoms with Crippen LogP contribution < -0.4 is 10.6 Å².